The van der Waals surface area contributed by atoms with Crippen LogP contribution in [0, 0.1) is 5.92 Å². The van der Waals surface area contributed by atoms with Crippen LogP contribution in [-0.4, -0.2) is 11.0 Å². The van der Waals surface area contributed by atoms with Gasteiger partial charge in [0.2, 0.25) is 0 Å². The third-order valence-corrected chi connectivity index (χ3v) is 1.36. The Kier molecular flexibility index (Phi) is 3.16. The average molecular weight is 146 g/mol. The molecule has 0 aromatic carbocycles. The summed E-state index contributed by atoms with van der Waals surface area (Å²) in [5.74, 6) is -1.37. The Labute approximate surface area is 58.9 Å². The number of nitrogens with two attached hydrogens (primary N) is 1. The molecule has 0 spiro atoms. The maximum atomic E-state index is 9.89. The van der Waals surface area contributed by atoms with Crippen LogP contribution in [0.5, 0.6) is 0 Å². The molecule has 1 atom stereocenters. The van der Waals surface area contributed by atoms with Crippen LogP contribution in [0.25, 0.3) is 0 Å². The van der Waals surface area contributed by atoms with E-state index in [9.17, 15) is 9.90 Å². The van der Waals surface area contributed by atoms with Crippen LogP contribution >= 0.6 is 12.2 Å². The molecule has 0 bridgehead atoms. The fourth-order valence-electron chi connectivity index (χ4n) is 0.351. The Morgan fingerprint density at radius 3 is 2.44 bits per heavy atom. The third-order valence-electron chi connectivity index (χ3n) is 0.959. The molecule has 0 aromatic heterocycles. The number of hydrogen-bond donors (Lipinski definition) is 1. The molecule has 0 aliphatic rings. The highest BCUT2D eigenvalue weighted by Gasteiger charge is 2.03. The van der Waals surface area contributed by atoms with Gasteiger partial charge in [-0.05, 0) is 6.42 Å². The van der Waals surface area contributed by atoms with Crippen LogP contribution in [0.1, 0.15) is 13.3 Å². The Morgan fingerprint density at radius 2 is 2.33 bits per heavy atom. The topological polar surface area (TPSA) is 66.1 Å². The first-order valence-electron chi connectivity index (χ1n) is 2.53. The summed E-state index contributed by atoms with van der Waals surface area (Å²) in [5, 5.41) is 9.89. The summed E-state index contributed by atoms with van der Waals surface area (Å²) in [7, 11) is 0. The first-order valence-corrected chi connectivity index (χ1v) is 2.94. The number of thiocarbonyl (C=S) groups is 1. The molecule has 0 aliphatic carbocycles. The average Bonchev–Trinajstić information content (AvgIpc) is 1.63. The van der Waals surface area contributed by atoms with Gasteiger partial charge in [-0.25, -0.2) is 0 Å². The van der Waals surface area contributed by atoms with Gasteiger partial charge in [0, 0.05) is 11.9 Å². The van der Waals surface area contributed by atoms with Gasteiger partial charge in [0.05, 0.1) is 4.99 Å². The standard InChI is InChI=1S/C5H9NO2S/c1-3(5(6)9)2-4(7)8/h3H,2H2,1H3,(H2,6,9)(H,7,8)/p-1/t3-/m0/s1. The van der Waals surface area contributed by atoms with Crippen LogP contribution in [0.4, 0.5) is 0 Å². The van der Waals surface area contributed by atoms with E-state index in [-0.39, 0.29) is 17.3 Å². The van der Waals surface area contributed by atoms with Gasteiger partial charge in [0.15, 0.2) is 0 Å². The quantitative estimate of drug-likeness (QED) is 0.521. The van der Waals surface area contributed by atoms with Gasteiger partial charge < -0.3 is 15.6 Å². The zero-order valence-corrected chi connectivity index (χ0v) is 5.90. The summed E-state index contributed by atoms with van der Waals surface area (Å²) in [4.78, 5) is 10.1. The molecular formula is C5H8NO2S-. The van der Waals surface area contributed by atoms with Gasteiger partial charge in [0.25, 0.3) is 0 Å². The van der Waals surface area contributed by atoms with Crippen LogP contribution < -0.4 is 10.8 Å². The molecule has 0 fully saturated rings. The van der Waals surface area contributed by atoms with E-state index in [1.165, 1.54) is 0 Å². The number of carboxylic acid groups (broad SMARTS) is 1. The maximum absolute atomic E-state index is 9.89. The highest BCUT2D eigenvalue weighted by molar-refractivity contribution is 7.80. The third kappa shape index (κ3) is 3.90. The van der Waals surface area contributed by atoms with E-state index in [1.807, 2.05) is 0 Å². The first kappa shape index (κ1) is 8.36. The Bertz CT molecular complexity index is 135. The molecule has 0 aliphatic heterocycles. The summed E-state index contributed by atoms with van der Waals surface area (Å²) >= 11 is 4.52. The lowest BCUT2D eigenvalue weighted by atomic mass is 10.1. The fraction of sp³-hybridized carbons (Fsp3) is 0.600. The molecule has 52 valence electrons. The van der Waals surface area contributed by atoms with Gasteiger partial charge in [-0.2, -0.15) is 0 Å². The summed E-state index contributed by atoms with van der Waals surface area (Å²) in [6.07, 6.45) is -0.0880. The number of carbonyl (C=O) groups is 1. The highest BCUT2D eigenvalue weighted by Crippen LogP contribution is 1.99. The zero-order valence-electron chi connectivity index (χ0n) is 5.09. The number of carboxylic acids is 1. The molecule has 3 nitrogen and oxygen atoms in total. The second-order valence-electron chi connectivity index (χ2n) is 1.88. The fourth-order valence-corrected chi connectivity index (χ4v) is 0.434. The van der Waals surface area contributed by atoms with E-state index in [0.29, 0.717) is 0 Å². The number of aliphatic carboxylic acids is 1. The van der Waals surface area contributed by atoms with E-state index in [0.717, 1.165) is 0 Å². The Morgan fingerprint density at radius 1 is 1.89 bits per heavy atom. The van der Waals surface area contributed by atoms with Gasteiger partial charge >= 0.3 is 0 Å². The van der Waals surface area contributed by atoms with E-state index in [4.69, 9.17) is 5.73 Å². The summed E-state index contributed by atoms with van der Waals surface area (Å²) < 4.78 is 0. The second kappa shape index (κ2) is 3.40. The van der Waals surface area contributed by atoms with Crippen molar-refractivity contribution in [2.45, 2.75) is 13.3 Å². The van der Waals surface area contributed by atoms with Crippen LogP contribution in [-0.2, 0) is 4.79 Å². The van der Waals surface area contributed by atoms with Crippen molar-refractivity contribution in [3.8, 4) is 0 Å². The first-order chi connectivity index (χ1) is 4.04. The molecule has 4 heteroatoms. The minimum Gasteiger partial charge on any atom is -0.550 e. The van der Waals surface area contributed by atoms with Crippen molar-refractivity contribution in [3.05, 3.63) is 0 Å². The van der Waals surface area contributed by atoms with E-state index in [1.54, 1.807) is 6.92 Å². The Balaban J connectivity index is 3.63. The predicted octanol–water partition coefficient (Wildman–Crippen LogP) is -0.951. The smallest absolute Gasteiger partial charge is 0.0759 e. The minimum absolute atomic E-state index is 0.0880. The van der Waals surface area contributed by atoms with Gasteiger partial charge in [-0.15, -0.1) is 0 Å². The predicted molar refractivity (Wildman–Crippen MR) is 35.6 cm³/mol. The summed E-state index contributed by atoms with van der Waals surface area (Å²) in [6.45, 7) is 1.65. The van der Waals surface area contributed by atoms with Gasteiger partial charge in [-0.1, -0.05) is 19.1 Å². The van der Waals surface area contributed by atoms with Crippen molar-refractivity contribution in [1.29, 1.82) is 0 Å². The monoisotopic (exact) mass is 146 g/mol. The Hall–Kier alpha value is -0.640. The SMILES string of the molecule is C[C@@H](CC(=O)[O-])C(N)=S. The molecule has 0 amide bonds. The van der Waals surface area contributed by atoms with Crippen molar-refractivity contribution >= 4 is 23.2 Å². The molecular weight excluding hydrogens is 138 g/mol. The van der Waals surface area contributed by atoms with E-state index < -0.39 is 5.97 Å². The van der Waals surface area contributed by atoms with E-state index in [2.05, 4.69) is 12.2 Å². The summed E-state index contributed by atoms with van der Waals surface area (Å²) in [6, 6.07) is 0. The molecule has 0 rings (SSSR count). The van der Waals surface area contributed by atoms with Crippen molar-refractivity contribution in [2.75, 3.05) is 0 Å². The van der Waals surface area contributed by atoms with Crippen molar-refractivity contribution < 1.29 is 9.90 Å². The molecule has 0 radical (unpaired) electrons. The van der Waals surface area contributed by atoms with E-state index >= 15 is 0 Å². The lowest BCUT2D eigenvalue weighted by Crippen LogP contribution is -2.29. The molecule has 0 heterocycles. The van der Waals surface area contributed by atoms with Crippen LogP contribution in [0.3, 0.4) is 0 Å². The zero-order chi connectivity index (χ0) is 7.44. The number of rotatable bonds is 3. The minimum atomic E-state index is -1.12. The van der Waals surface area contributed by atoms with Crippen molar-refractivity contribution in [1.82, 2.24) is 0 Å². The van der Waals surface area contributed by atoms with Crippen molar-refractivity contribution in [3.63, 3.8) is 0 Å². The van der Waals surface area contributed by atoms with Gasteiger partial charge in [-0.3, -0.25) is 0 Å². The van der Waals surface area contributed by atoms with Crippen LogP contribution in [0.2, 0.25) is 0 Å². The number of carbonyl (C=O) groups excluding carboxylic acids is 1. The van der Waals surface area contributed by atoms with Crippen molar-refractivity contribution in [2.24, 2.45) is 11.7 Å². The molecule has 0 saturated carbocycles. The number of hydrogen-bond acceptors (Lipinski definition) is 3. The van der Waals surface area contributed by atoms with Crippen LogP contribution in [0.15, 0.2) is 0 Å². The molecule has 0 unspecified atom stereocenters. The highest BCUT2D eigenvalue weighted by atomic mass is 32.1. The second-order valence-corrected chi connectivity index (χ2v) is 2.35. The molecule has 9 heavy (non-hydrogen) atoms. The molecule has 0 aromatic rings. The normalized spacial score (nSPS) is 12.6. The van der Waals surface area contributed by atoms with Gasteiger partial charge in [0.1, 0.15) is 0 Å². The maximum Gasteiger partial charge on any atom is 0.0759 e. The molecule has 0 saturated heterocycles. The largest absolute Gasteiger partial charge is 0.550 e. The lowest BCUT2D eigenvalue weighted by Gasteiger charge is -2.08. The summed E-state index contributed by atoms with van der Waals surface area (Å²) in [5.41, 5.74) is 5.12. The lowest BCUT2D eigenvalue weighted by molar-refractivity contribution is -0.306. The molecule has 2 N–H and O–H groups in total.